The van der Waals surface area contributed by atoms with Crippen LogP contribution < -0.4 is 15.0 Å². The first-order chi connectivity index (χ1) is 10.5. The fourth-order valence-corrected chi connectivity index (χ4v) is 2.15. The third-order valence-corrected chi connectivity index (χ3v) is 3.36. The van der Waals surface area contributed by atoms with Gasteiger partial charge in [-0.2, -0.15) is 0 Å². The first-order valence-corrected chi connectivity index (χ1v) is 7.15. The van der Waals surface area contributed by atoms with Gasteiger partial charge in [0.05, 0.1) is 13.1 Å². The van der Waals surface area contributed by atoms with E-state index in [1.807, 2.05) is 25.1 Å². The number of anilines is 1. The van der Waals surface area contributed by atoms with Crippen molar-refractivity contribution in [1.29, 1.82) is 0 Å². The highest BCUT2D eigenvalue weighted by Gasteiger charge is 2.27. The third-order valence-electron chi connectivity index (χ3n) is 3.36. The van der Waals surface area contributed by atoms with Crippen LogP contribution in [0.1, 0.15) is 13.3 Å². The summed E-state index contributed by atoms with van der Waals surface area (Å²) in [5.41, 5.74) is 0. The number of likely N-dealkylation sites (tertiary alicyclic amines) is 1. The Hall–Kier alpha value is -2.38. The number of rotatable bonds is 5. The van der Waals surface area contributed by atoms with Crippen molar-refractivity contribution in [3.8, 4) is 5.88 Å². The Balaban J connectivity index is 1.83. The van der Waals surface area contributed by atoms with E-state index < -0.39 is 0 Å². The van der Waals surface area contributed by atoms with Crippen LogP contribution in [0.3, 0.4) is 0 Å². The van der Waals surface area contributed by atoms with Gasteiger partial charge in [0.2, 0.25) is 17.7 Å². The van der Waals surface area contributed by atoms with Crippen LogP contribution >= 0.6 is 0 Å². The second kappa shape index (κ2) is 7.06. The van der Waals surface area contributed by atoms with Gasteiger partial charge in [-0.3, -0.25) is 9.59 Å². The molecule has 0 saturated carbocycles. The monoisotopic (exact) mass is 307 g/mol. The molecule has 1 aliphatic heterocycles. The van der Waals surface area contributed by atoms with Crippen molar-refractivity contribution in [2.75, 3.05) is 38.6 Å². The number of carbonyl (C=O) groups excluding carboxylic acids is 2. The Bertz CT molecular complexity index is 532. The number of hydrogen-bond donors (Lipinski definition) is 1. The van der Waals surface area contributed by atoms with Crippen LogP contribution in [-0.4, -0.2) is 66.7 Å². The van der Waals surface area contributed by atoms with E-state index >= 15 is 0 Å². The van der Waals surface area contributed by atoms with Gasteiger partial charge in [-0.1, -0.05) is 0 Å². The Morgan fingerprint density at radius 2 is 2.18 bits per heavy atom. The van der Waals surface area contributed by atoms with Crippen LogP contribution in [-0.2, 0) is 9.59 Å². The van der Waals surface area contributed by atoms with E-state index in [0.717, 1.165) is 12.2 Å². The van der Waals surface area contributed by atoms with Crippen molar-refractivity contribution in [3.05, 3.63) is 12.1 Å². The lowest BCUT2D eigenvalue weighted by Gasteiger charge is -2.17. The summed E-state index contributed by atoms with van der Waals surface area (Å²) < 4.78 is 5.74. The largest absolute Gasteiger partial charge is 0.471 e. The second-order valence-electron chi connectivity index (χ2n) is 5.40. The maximum absolute atomic E-state index is 11.9. The van der Waals surface area contributed by atoms with Crippen LogP contribution in [0.25, 0.3) is 0 Å². The smallest absolute Gasteiger partial charge is 0.242 e. The molecule has 1 aliphatic rings. The average molecular weight is 307 g/mol. The van der Waals surface area contributed by atoms with Gasteiger partial charge in [0.15, 0.2) is 5.82 Å². The molecular weight excluding hydrogens is 286 g/mol. The maximum Gasteiger partial charge on any atom is 0.242 e. The van der Waals surface area contributed by atoms with E-state index in [1.54, 1.807) is 11.0 Å². The molecule has 2 amide bonds. The minimum Gasteiger partial charge on any atom is -0.471 e. The molecule has 120 valence electrons. The predicted molar refractivity (Wildman–Crippen MR) is 80.7 cm³/mol. The summed E-state index contributed by atoms with van der Waals surface area (Å²) in [6, 6.07) is 3.60. The Morgan fingerprint density at radius 3 is 2.77 bits per heavy atom. The standard InChI is InChI=1S/C14H21N5O3/c1-10(20)15-8-14(21)19-7-6-11(9-19)22-13-5-4-12(16-17-13)18(2)3/h4-5,11H,6-9H2,1-3H3,(H,15,20)/t11-/m1/s1. The molecule has 0 unspecified atom stereocenters. The normalized spacial score (nSPS) is 17.2. The van der Waals surface area contributed by atoms with Crippen LogP contribution in [0, 0.1) is 0 Å². The molecule has 0 aliphatic carbocycles. The second-order valence-corrected chi connectivity index (χ2v) is 5.40. The van der Waals surface area contributed by atoms with Gasteiger partial charge in [0.25, 0.3) is 0 Å². The van der Waals surface area contributed by atoms with Crippen LogP contribution in [0.4, 0.5) is 5.82 Å². The quantitative estimate of drug-likeness (QED) is 0.800. The van der Waals surface area contributed by atoms with Crippen molar-refractivity contribution in [1.82, 2.24) is 20.4 Å². The Labute approximate surface area is 129 Å². The van der Waals surface area contributed by atoms with E-state index in [1.165, 1.54) is 6.92 Å². The molecular formula is C14H21N5O3. The van der Waals surface area contributed by atoms with Gasteiger partial charge in [-0.25, -0.2) is 0 Å². The van der Waals surface area contributed by atoms with Crippen molar-refractivity contribution >= 4 is 17.6 Å². The number of amides is 2. The van der Waals surface area contributed by atoms with Crippen molar-refractivity contribution in [2.45, 2.75) is 19.4 Å². The summed E-state index contributed by atoms with van der Waals surface area (Å²) in [6.45, 7) is 2.53. The molecule has 2 rings (SSSR count). The Morgan fingerprint density at radius 1 is 1.41 bits per heavy atom. The minimum atomic E-state index is -0.211. The first kappa shape index (κ1) is 16.0. The van der Waals surface area contributed by atoms with Crippen molar-refractivity contribution in [3.63, 3.8) is 0 Å². The fraction of sp³-hybridized carbons (Fsp3) is 0.571. The number of nitrogens with one attached hydrogen (secondary N) is 1. The van der Waals surface area contributed by atoms with E-state index in [0.29, 0.717) is 19.0 Å². The molecule has 0 spiro atoms. The molecule has 1 N–H and O–H groups in total. The topological polar surface area (TPSA) is 87.7 Å². The van der Waals surface area contributed by atoms with E-state index in [9.17, 15) is 9.59 Å². The summed E-state index contributed by atoms with van der Waals surface area (Å²) in [6.07, 6.45) is 0.643. The molecule has 1 aromatic heterocycles. The van der Waals surface area contributed by atoms with Crippen LogP contribution in [0.2, 0.25) is 0 Å². The molecule has 1 aromatic rings. The van der Waals surface area contributed by atoms with E-state index in [-0.39, 0.29) is 24.5 Å². The van der Waals surface area contributed by atoms with Crippen LogP contribution in [0.5, 0.6) is 5.88 Å². The number of ether oxygens (including phenoxy) is 1. The van der Waals surface area contributed by atoms with E-state index in [2.05, 4.69) is 15.5 Å². The number of nitrogens with zero attached hydrogens (tertiary/aromatic N) is 4. The lowest BCUT2D eigenvalue weighted by molar-refractivity contribution is -0.131. The minimum absolute atomic E-state index is 0.0272. The number of aromatic nitrogens is 2. The molecule has 0 radical (unpaired) electrons. The summed E-state index contributed by atoms with van der Waals surface area (Å²) in [7, 11) is 3.78. The highest BCUT2D eigenvalue weighted by molar-refractivity contribution is 5.83. The van der Waals surface area contributed by atoms with Crippen molar-refractivity contribution < 1.29 is 14.3 Å². The molecule has 1 atom stereocenters. The molecule has 8 heteroatoms. The molecule has 2 heterocycles. The number of hydrogen-bond acceptors (Lipinski definition) is 6. The SMILES string of the molecule is CC(=O)NCC(=O)N1CC[C@@H](Oc2ccc(N(C)C)nn2)C1. The predicted octanol–water partition coefficient (Wildman–Crippen LogP) is -0.342. The lowest BCUT2D eigenvalue weighted by Crippen LogP contribution is -2.39. The van der Waals surface area contributed by atoms with E-state index in [4.69, 9.17) is 4.74 Å². The van der Waals surface area contributed by atoms with Gasteiger partial charge in [0, 0.05) is 40.1 Å². The summed E-state index contributed by atoms with van der Waals surface area (Å²) in [5.74, 6) is 0.893. The zero-order valence-corrected chi connectivity index (χ0v) is 13.1. The molecule has 1 saturated heterocycles. The van der Waals surface area contributed by atoms with Gasteiger partial charge in [-0.15, -0.1) is 10.2 Å². The van der Waals surface area contributed by atoms with Gasteiger partial charge < -0.3 is 19.9 Å². The molecule has 0 aromatic carbocycles. The fourth-order valence-electron chi connectivity index (χ4n) is 2.15. The third kappa shape index (κ3) is 4.31. The lowest BCUT2D eigenvalue weighted by atomic mass is 10.3. The van der Waals surface area contributed by atoms with Crippen molar-refractivity contribution in [2.24, 2.45) is 0 Å². The Kier molecular flexibility index (Phi) is 5.13. The highest BCUT2D eigenvalue weighted by atomic mass is 16.5. The molecule has 8 nitrogen and oxygen atoms in total. The average Bonchev–Trinajstić information content (AvgIpc) is 2.94. The molecule has 1 fully saturated rings. The summed E-state index contributed by atoms with van der Waals surface area (Å²) in [5, 5.41) is 10.6. The zero-order chi connectivity index (χ0) is 16.1. The maximum atomic E-state index is 11.9. The first-order valence-electron chi connectivity index (χ1n) is 7.15. The van der Waals surface area contributed by atoms with Gasteiger partial charge in [0.1, 0.15) is 6.10 Å². The molecule has 22 heavy (non-hydrogen) atoms. The zero-order valence-electron chi connectivity index (χ0n) is 13.1. The molecule has 0 bridgehead atoms. The summed E-state index contributed by atoms with van der Waals surface area (Å²) in [4.78, 5) is 26.2. The van der Waals surface area contributed by atoms with Crippen LogP contribution in [0.15, 0.2) is 12.1 Å². The van der Waals surface area contributed by atoms with Gasteiger partial charge >= 0.3 is 0 Å². The summed E-state index contributed by atoms with van der Waals surface area (Å²) >= 11 is 0. The number of carbonyl (C=O) groups is 2. The van der Waals surface area contributed by atoms with Gasteiger partial charge in [-0.05, 0) is 6.07 Å². The highest BCUT2D eigenvalue weighted by Crippen LogP contribution is 2.17.